The average Bonchev–Trinajstić information content (AvgIpc) is 2.88. The van der Waals surface area contributed by atoms with Gasteiger partial charge in [-0.3, -0.25) is 4.72 Å². The average molecular weight is 597 g/mol. The van der Waals surface area contributed by atoms with Gasteiger partial charge in [0.1, 0.15) is 15.7 Å². The number of benzene rings is 1. The van der Waals surface area contributed by atoms with E-state index in [1.807, 2.05) is 6.07 Å². The standard InChI is InChI=1S/C29H48N4O3S3/c1-6-8-17-30-26(37)29(27(38)31-18-9-7-2)16-15-21-19-22(28(3,4)5)20-24(25(21)36-29)33-39(34,35)32-23-13-11-10-12-14-23/h19-20,23,32-33H,6-18H2,1-5H3,(H,30,37)(H,31,38). The van der Waals surface area contributed by atoms with E-state index in [4.69, 9.17) is 29.2 Å². The molecular weight excluding hydrogens is 549 g/mol. The van der Waals surface area contributed by atoms with Gasteiger partial charge in [-0.25, -0.2) is 0 Å². The van der Waals surface area contributed by atoms with Crippen molar-refractivity contribution in [2.75, 3.05) is 17.8 Å². The number of ether oxygens (including phenoxy) is 1. The van der Waals surface area contributed by atoms with E-state index >= 15 is 0 Å². The molecule has 0 bridgehead atoms. The Morgan fingerprint density at radius 3 is 2.13 bits per heavy atom. The molecule has 2 aliphatic rings. The zero-order valence-electron chi connectivity index (χ0n) is 24.4. The van der Waals surface area contributed by atoms with Crippen molar-refractivity contribution in [3.05, 3.63) is 23.3 Å². The van der Waals surface area contributed by atoms with E-state index < -0.39 is 15.8 Å². The van der Waals surface area contributed by atoms with Crippen LogP contribution in [0.25, 0.3) is 0 Å². The topological polar surface area (TPSA) is 91.5 Å². The molecule has 1 fully saturated rings. The monoisotopic (exact) mass is 596 g/mol. The smallest absolute Gasteiger partial charge is 0.299 e. The van der Waals surface area contributed by atoms with E-state index in [0.717, 1.165) is 82.0 Å². The van der Waals surface area contributed by atoms with Gasteiger partial charge >= 0.3 is 0 Å². The summed E-state index contributed by atoms with van der Waals surface area (Å²) in [5, 5.41) is 6.76. The summed E-state index contributed by atoms with van der Waals surface area (Å²) in [4.78, 5) is 1.09. The molecule has 0 amide bonds. The molecule has 1 aliphatic heterocycles. The van der Waals surface area contributed by atoms with Gasteiger partial charge in [-0.2, -0.15) is 13.1 Å². The maximum atomic E-state index is 13.3. The number of hydrogen-bond donors (Lipinski definition) is 4. The zero-order chi connectivity index (χ0) is 28.7. The summed E-state index contributed by atoms with van der Waals surface area (Å²) in [5.41, 5.74) is 1.22. The summed E-state index contributed by atoms with van der Waals surface area (Å²) in [6, 6.07) is 3.98. The van der Waals surface area contributed by atoms with Crippen LogP contribution in [0.1, 0.15) is 110 Å². The van der Waals surface area contributed by atoms with Crippen LogP contribution < -0.4 is 24.8 Å². The highest BCUT2D eigenvalue weighted by Crippen LogP contribution is 2.43. The fraction of sp³-hybridized carbons (Fsp3) is 0.724. The lowest BCUT2D eigenvalue weighted by atomic mass is 9.83. The molecule has 0 aromatic heterocycles. The molecule has 1 heterocycles. The van der Waals surface area contributed by atoms with Crippen LogP contribution in [0.5, 0.6) is 5.75 Å². The van der Waals surface area contributed by atoms with Gasteiger partial charge in [-0.1, -0.05) is 97.2 Å². The molecule has 4 N–H and O–H groups in total. The fourth-order valence-electron chi connectivity index (χ4n) is 5.12. The van der Waals surface area contributed by atoms with Crippen molar-refractivity contribution >= 4 is 50.3 Å². The molecule has 10 heteroatoms. The number of aryl methyl sites for hydroxylation is 1. The molecule has 3 rings (SSSR count). The Bertz CT molecular complexity index is 1090. The molecule has 1 aliphatic carbocycles. The predicted molar refractivity (Wildman–Crippen MR) is 170 cm³/mol. The summed E-state index contributed by atoms with van der Waals surface area (Å²) in [7, 11) is -3.82. The molecule has 7 nitrogen and oxygen atoms in total. The summed E-state index contributed by atoms with van der Waals surface area (Å²) in [6.07, 6.45) is 10.2. The van der Waals surface area contributed by atoms with Crippen molar-refractivity contribution in [3.8, 4) is 5.75 Å². The number of rotatable bonds is 12. The Kier molecular flexibility index (Phi) is 11.4. The van der Waals surface area contributed by atoms with Crippen molar-refractivity contribution in [2.45, 2.75) is 122 Å². The first-order chi connectivity index (χ1) is 18.4. The minimum atomic E-state index is -3.82. The van der Waals surface area contributed by atoms with Crippen molar-refractivity contribution in [1.29, 1.82) is 0 Å². The normalized spacial score (nSPS) is 17.6. The molecule has 1 aromatic carbocycles. The first kappa shape index (κ1) is 32.0. The van der Waals surface area contributed by atoms with Crippen molar-refractivity contribution in [3.63, 3.8) is 0 Å². The van der Waals surface area contributed by atoms with Crippen LogP contribution in [-0.4, -0.2) is 43.1 Å². The Labute approximate surface area is 247 Å². The van der Waals surface area contributed by atoms with E-state index in [2.05, 4.69) is 60.8 Å². The lowest BCUT2D eigenvalue weighted by Crippen LogP contribution is -2.61. The first-order valence-corrected chi connectivity index (χ1v) is 16.9. The third-order valence-electron chi connectivity index (χ3n) is 7.59. The molecule has 220 valence electrons. The van der Waals surface area contributed by atoms with Gasteiger partial charge in [0.05, 0.1) is 5.69 Å². The highest BCUT2D eigenvalue weighted by molar-refractivity contribution is 7.90. The van der Waals surface area contributed by atoms with Crippen molar-refractivity contribution < 1.29 is 13.2 Å². The molecule has 39 heavy (non-hydrogen) atoms. The van der Waals surface area contributed by atoms with Gasteiger partial charge in [0.2, 0.25) is 5.60 Å². The van der Waals surface area contributed by atoms with Crippen LogP contribution in [0.15, 0.2) is 12.1 Å². The minimum absolute atomic E-state index is 0.0522. The summed E-state index contributed by atoms with van der Waals surface area (Å²) in [5.74, 6) is 0.502. The highest BCUT2D eigenvalue weighted by Gasteiger charge is 2.46. The van der Waals surface area contributed by atoms with E-state index in [9.17, 15) is 8.42 Å². The zero-order valence-corrected chi connectivity index (χ0v) is 26.8. The maximum Gasteiger partial charge on any atom is 0.299 e. The maximum absolute atomic E-state index is 13.3. The third kappa shape index (κ3) is 8.50. The minimum Gasteiger partial charge on any atom is -0.470 e. The fourth-order valence-corrected chi connectivity index (χ4v) is 7.05. The quantitative estimate of drug-likeness (QED) is 0.172. The summed E-state index contributed by atoms with van der Waals surface area (Å²) < 4.78 is 39.2. The van der Waals surface area contributed by atoms with E-state index in [1.165, 1.54) is 0 Å². The van der Waals surface area contributed by atoms with Crippen LogP contribution in [-0.2, 0) is 22.0 Å². The Hall–Kier alpha value is -1.49. The highest BCUT2D eigenvalue weighted by atomic mass is 32.2. The van der Waals surface area contributed by atoms with Crippen LogP contribution in [0.4, 0.5) is 5.69 Å². The predicted octanol–water partition coefficient (Wildman–Crippen LogP) is 6.06. The molecular formula is C29H48N4O3S3. The van der Waals surface area contributed by atoms with Gasteiger partial charge in [-0.15, -0.1) is 0 Å². The third-order valence-corrected chi connectivity index (χ3v) is 9.67. The van der Waals surface area contributed by atoms with Crippen LogP contribution in [0.2, 0.25) is 0 Å². The summed E-state index contributed by atoms with van der Waals surface area (Å²) >= 11 is 11.8. The Morgan fingerprint density at radius 2 is 1.59 bits per heavy atom. The number of fused-ring (bicyclic) bond motifs is 1. The molecule has 0 spiro atoms. The van der Waals surface area contributed by atoms with Crippen molar-refractivity contribution in [1.82, 2.24) is 15.4 Å². The number of unbranched alkanes of at least 4 members (excludes halogenated alkanes) is 2. The van der Waals surface area contributed by atoms with E-state index in [-0.39, 0.29) is 11.5 Å². The van der Waals surface area contributed by atoms with Gasteiger partial charge in [0.15, 0.2) is 0 Å². The number of nitrogens with one attached hydrogen (secondary N) is 4. The molecule has 0 atom stereocenters. The van der Waals surface area contributed by atoms with Crippen LogP contribution >= 0.6 is 24.4 Å². The SMILES string of the molecule is CCCCNC(=S)C1(C(=S)NCCCC)CCc2cc(C(C)(C)C)cc(NS(=O)(=O)NC3CCCCC3)c2O1. The van der Waals surface area contributed by atoms with Crippen molar-refractivity contribution in [2.24, 2.45) is 0 Å². The second kappa shape index (κ2) is 13.9. The number of anilines is 1. The van der Waals surface area contributed by atoms with E-state index in [0.29, 0.717) is 34.3 Å². The van der Waals surface area contributed by atoms with E-state index in [1.54, 1.807) is 0 Å². The Balaban J connectivity index is 2.00. The summed E-state index contributed by atoms with van der Waals surface area (Å²) in [6.45, 7) is 12.1. The lowest BCUT2D eigenvalue weighted by Gasteiger charge is -2.41. The largest absolute Gasteiger partial charge is 0.470 e. The molecule has 0 radical (unpaired) electrons. The van der Waals surface area contributed by atoms with Gasteiger partial charge in [0.25, 0.3) is 10.2 Å². The number of hydrogen-bond acceptors (Lipinski definition) is 5. The molecule has 1 saturated carbocycles. The molecule has 0 unspecified atom stereocenters. The van der Waals surface area contributed by atoms with Gasteiger partial charge < -0.3 is 15.4 Å². The van der Waals surface area contributed by atoms with Gasteiger partial charge in [-0.05, 0) is 54.7 Å². The first-order valence-electron chi connectivity index (χ1n) is 14.6. The Morgan fingerprint density at radius 1 is 1.00 bits per heavy atom. The lowest BCUT2D eigenvalue weighted by molar-refractivity contribution is 0.180. The molecule has 1 aromatic rings. The number of thiocarbonyl (C=S) groups is 2. The van der Waals surface area contributed by atoms with Crippen LogP contribution in [0.3, 0.4) is 0 Å². The second-order valence-corrected chi connectivity index (χ2v) is 14.2. The van der Waals surface area contributed by atoms with Crippen LogP contribution in [0, 0.1) is 0 Å². The molecule has 0 saturated heterocycles. The van der Waals surface area contributed by atoms with Gasteiger partial charge in [0, 0.05) is 25.6 Å². The second-order valence-electron chi connectivity index (χ2n) is 12.0.